The van der Waals surface area contributed by atoms with Crippen LogP contribution in [0.25, 0.3) is 0 Å². The summed E-state index contributed by atoms with van der Waals surface area (Å²) in [5, 5.41) is 0. The predicted octanol–water partition coefficient (Wildman–Crippen LogP) is 0.898. The summed E-state index contributed by atoms with van der Waals surface area (Å²) in [6.45, 7) is 0.462. The Morgan fingerprint density at radius 1 is 1.60 bits per heavy atom. The molecule has 0 saturated heterocycles. The van der Waals surface area contributed by atoms with Crippen LogP contribution in [0.5, 0.6) is 0 Å². The van der Waals surface area contributed by atoms with Gasteiger partial charge in [0.15, 0.2) is 0 Å². The lowest BCUT2D eigenvalue weighted by molar-refractivity contribution is 0.914. The van der Waals surface area contributed by atoms with Gasteiger partial charge in [-0.05, 0) is 6.42 Å². The molecule has 2 heteroatoms. The first-order valence-corrected chi connectivity index (χ1v) is 2.16. The molecule has 31 valence electrons. The van der Waals surface area contributed by atoms with Gasteiger partial charge in [-0.2, -0.15) is 0 Å². The number of hydrogen-bond acceptors (Lipinski definition) is 0. The molecule has 0 aromatic carbocycles. The van der Waals surface area contributed by atoms with Crippen molar-refractivity contribution >= 4 is 11.6 Å². The maximum atomic E-state index is 6.52. The first-order chi connectivity index (χ1) is 2.41. The normalized spacial score (nSPS) is 8.40. The number of halogens is 1. The van der Waals surface area contributed by atoms with Crippen molar-refractivity contribution in [1.29, 1.82) is 0 Å². The zero-order valence-corrected chi connectivity index (χ0v) is 3.76. The van der Waals surface area contributed by atoms with Crippen LogP contribution in [0.4, 0.5) is 0 Å². The Balaban J connectivity index is 2.19. The van der Waals surface area contributed by atoms with E-state index in [9.17, 15) is 0 Å². The number of nitrogens with one attached hydrogen (secondary N) is 1. The second kappa shape index (κ2) is 4.25. The van der Waals surface area contributed by atoms with Crippen LogP contribution < -0.4 is 5.73 Å². The summed E-state index contributed by atoms with van der Waals surface area (Å²) in [5.74, 6) is 0.628. The van der Waals surface area contributed by atoms with Gasteiger partial charge in [0.25, 0.3) is 0 Å². The number of rotatable bonds is 2. The van der Waals surface area contributed by atoms with E-state index in [0.29, 0.717) is 12.4 Å². The van der Waals surface area contributed by atoms with Crippen LogP contribution in [0.2, 0.25) is 0 Å². The van der Waals surface area contributed by atoms with Crippen LogP contribution in [0, 0.1) is 0 Å². The van der Waals surface area contributed by atoms with Crippen molar-refractivity contribution in [2.75, 3.05) is 12.4 Å². The van der Waals surface area contributed by atoms with Crippen molar-refractivity contribution in [3.05, 3.63) is 0 Å². The largest absolute Gasteiger partial charge is 0.258 e. The first kappa shape index (κ1) is 5.25. The molecule has 0 bridgehead atoms. The number of alkyl halides is 1. The van der Waals surface area contributed by atoms with E-state index in [0.717, 1.165) is 6.42 Å². The van der Waals surface area contributed by atoms with Gasteiger partial charge in [-0.25, -0.2) is 0 Å². The molecule has 0 atom stereocenters. The summed E-state index contributed by atoms with van der Waals surface area (Å²) < 4.78 is 0. The smallest absolute Gasteiger partial charge is 0.0236 e. The lowest BCUT2D eigenvalue weighted by atomic mass is 10.5. The van der Waals surface area contributed by atoms with Crippen molar-refractivity contribution in [3.8, 4) is 0 Å². The summed E-state index contributed by atoms with van der Waals surface area (Å²) in [4.78, 5) is 0. The van der Waals surface area contributed by atoms with Gasteiger partial charge in [0.2, 0.25) is 0 Å². The molecule has 0 aliphatic carbocycles. The van der Waals surface area contributed by atoms with Crippen molar-refractivity contribution in [2.24, 2.45) is 0 Å². The third-order valence-electron chi connectivity index (χ3n) is 0.310. The highest BCUT2D eigenvalue weighted by atomic mass is 35.5. The van der Waals surface area contributed by atoms with Gasteiger partial charge in [0, 0.05) is 12.4 Å². The predicted molar refractivity (Wildman–Crippen MR) is 23.3 cm³/mol. The summed E-state index contributed by atoms with van der Waals surface area (Å²) in [6, 6.07) is 0. The Hall–Kier alpha value is 0.250. The van der Waals surface area contributed by atoms with E-state index in [-0.39, 0.29) is 0 Å². The van der Waals surface area contributed by atoms with Crippen molar-refractivity contribution in [2.45, 2.75) is 6.42 Å². The van der Waals surface area contributed by atoms with E-state index in [4.69, 9.17) is 17.3 Å². The first-order valence-electron chi connectivity index (χ1n) is 1.62. The highest BCUT2D eigenvalue weighted by Gasteiger charge is 1.70. The van der Waals surface area contributed by atoms with Crippen LogP contribution in [0.15, 0.2) is 0 Å². The molecule has 0 spiro atoms. The maximum absolute atomic E-state index is 6.52. The van der Waals surface area contributed by atoms with Crippen LogP contribution in [0.3, 0.4) is 0 Å². The topological polar surface area (TPSA) is 23.8 Å². The average Bonchev–Trinajstić information content (AvgIpc) is 1.41. The number of hydrogen-bond donors (Lipinski definition) is 0. The minimum atomic E-state index is 0.462. The molecule has 1 radical (unpaired) electrons. The maximum Gasteiger partial charge on any atom is 0.0236 e. The van der Waals surface area contributed by atoms with E-state index < -0.39 is 0 Å². The van der Waals surface area contributed by atoms with Crippen LogP contribution >= 0.6 is 11.6 Å². The zero-order valence-electron chi connectivity index (χ0n) is 3.00. The second-order valence-electron chi connectivity index (χ2n) is 0.793. The summed E-state index contributed by atoms with van der Waals surface area (Å²) >= 11 is 5.18. The Morgan fingerprint density at radius 2 is 2.20 bits per heavy atom. The van der Waals surface area contributed by atoms with Crippen molar-refractivity contribution < 1.29 is 0 Å². The minimum absolute atomic E-state index is 0.462. The summed E-state index contributed by atoms with van der Waals surface area (Å²) in [6.07, 6.45) is 0.821. The Bertz CT molecular complexity index is 14.4. The Kier molecular flexibility index (Phi) is 4.46. The molecule has 0 amide bonds. The van der Waals surface area contributed by atoms with Gasteiger partial charge in [-0.15, -0.1) is 11.6 Å². The second-order valence-corrected chi connectivity index (χ2v) is 1.17. The van der Waals surface area contributed by atoms with Gasteiger partial charge in [0.1, 0.15) is 0 Å². The highest BCUT2D eigenvalue weighted by Crippen LogP contribution is 1.77. The van der Waals surface area contributed by atoms with Crippen LogP contribution in [-0.4, -0.2) is 12.4 Å². The van der Waals surface area contributed by atoms with Gasteiger partial charge < -0.3 is 0 Å². The quantitative estimate of drug-likeness (QED) is 0.452. The average molecular weight is 92.5 g/mol. The van der Waals surface area contributed by atoms with Gasteiger partial charge in [-0.3, -0.25) is 5.73 Å². The fraction of sp³-hybridized carbons (Fsp3) is 1.00. The fourth-order valence-corrected chi connectivity index (χ4v) is 0.200. The SMILES string of the molecule is [NH]CCCCl. The lowest BCUT2D eigenvalue weighted by Crippen LogP contribution is -1.82. The van der Waals surface area contributed by atoms with E-state index in [2.05, 4.69) is 0 Å². The minimum Gasteiger partial charge on any atom is -0.258 e. The molecule has 1 nitrogen and oxygen atoms in total. The molecular weight excluding hydrogens is 85.5 g/mol. The van der Waals surface area contributed by atoms with Crippen LogP contribution in [0.1, 0.15) is 6.42 Å². The summed E-state index contributed by atoms with van der Waals surface area (Å²) in [7, 11) is 0. The van der Waals surface area contributed by atoms with E-state index in [1.165, 1.54) is 0 Å². The fourth-order valence-electron chi connectivity index (χ4n) is 0.0668. The molecule has 0 aliphatic heterocycles. The van der Waals surface area contributed by atoms with Gasteiger partial charge in [-0.1, -0.05) is 0 Å². The molecule has 0 unspecified atom stereocenters. The third-order valence-corrected chi connectivity index (χ3v) is 0.578. The molecule has 0 fully saturated rings. The molecule has 0 aromatic rings. The van der Waals surface area contributed by atoms with Crippen LogP contribution in [-0.2, 0) is 0 Å². The summed E-state index contributed by atoms with van der Waals surface area (Å²) in [5.41, 5.74) is 6.52. The van der Waals surface area contributed by atoms with Gasteiger partial charge >= 0.3 is 0 Å². The standard InChI is InChI=1S/C3H7ClN/c4-2-1-3-5/h5H,1-3H2. The highest BCUT2D eigenvalue weighted by molar-refractivity contribution is 6.17. The van der Waals surface area contributed by atoms with Gasteiger partial charge in [0.05, 0.1) is 0 Å². The molecule has 0 saturated carbocycles. The van der Waals surface area contributed by atoms with E-state index in [1.807, 2.05) is 0 Å². The molecule has 0 rings (SSSR count). The molecule has 0 aromatic heterocycles. The molecule has 0 aliphatic rings. The zero-order chi connectivity index (χ0) is 4.12. The molecule has 1 N–H and O–H groups in total. The Labute approximate surface area is 37.1 Å². The monoisotopic (exact) mass is 92.0 g/mol. The molecule has 0 heterocycles. The molecular formula is C3H7ClN. The van der Waals surface area contributed by atoms with Crippen molar-refractivity contribution in [1.82, 2.24) is 5.73 Å². The van der Waals surface area contributed by atoms with Crippen molar-refractivity contribution in [3.63, 3.8) is 0 Å². The Morgan fingerprint density at radius 3 is 2.20 bits per heavy atom. The van der Waals surface area contributed by atoms with E-state index in [1.54, 1.807) is 0 Å². The lowest BCUT2D eigenvalue weighted by Gasteiger charge is -1.77. The van der Waals surface area contributed by atoms with E-state index >= 15 is 0 Å². The third kappa shape index (κ3) is 4.25. The molecule has 5 heavy (non-hydrogen) atoms.